The Kier molecular flexibility index (Phi) is 8.05. The van der Waals surface area contributed by atoms with Crippen LogP contribution in [0.15, 0.2) is 36.8 Å². The Labute approximate surface area is 275 Å². The Balaban J connectivity index is 1.28. The molecule has 10 nitrogen and oxygen atoms in total. The summed E-state index contributed by atoms with van der Waals surface area (Å²) in [6.45, 7) is 12.1. The zero-order valence-electron chi connectivity index (χ0n) is 28.1. The van der Waals surface area contributed by atoms with Crippen molar-refractivity contribution in [2.75, 3.05) is 30.4 Å². The number of hydrogen-bond donors (Lipinski definition) is 3. The van der Waals surface area contributed by atoms with E-state index in [4.69, 9.17) is 15.0 Å². The number of halogens is 1. The van der Waals surface area contributed by atoms with Crippen molar-refractivity contribution in [3.63, 3.8) is 0 Å². The molecule has 1 aromatic carbocycles. The van der Waals surface area contributed by atoms with Crippen LogP contribution in [0.2, 0.25) is 0 Å². The molecule has 1 aliphatic carbocycles. The van der Waals surface area contributed by atoms with Gasteiger partial charge in [0.25, 0.3) is 0 Å². The molecule has 2 fully saturated rings. The van der Waals surface area contributed by atoms with Crippen LogP contribution in [-0.2, 0) is 10.2 Å². The van der Waals surface area contributed by atoms with Crippen molar-refractivity contribution in [1.82, 2.24) is 29.7 Å². The maximum absolute atomic E-state index is 15.4. The molecule has 1 amide bonds. The van der Waals surface area contributed by atoms with Gasteiger partial charge in [0.05, 0.1) is 40.0 Å². The fourth-order valence-electron chi connectivity index (χ4n) is 7.53. The fraction of sp³-hybridized carbons (Fsp3) is 0.500. The lowest BCUT2D eigenvalue weighted by Gasteiger charge is -2.47. The van der Waals surface area contributed by atoms with Crippen LogP contribution in [0.3, 0.4) is 0 Å². The smallest absolute Gasteiger partial charge is 0.239 e. The second kappa shape index (κ2) is 11.9. The van der Waals surface area contributed by atoms with Crippen LogP contribution in [0.1, 0.15) is 88.9 Å². The highest BCUT2D eigenvalue weighted by Gasteiger charge is 2.51. The summed E-state index contributed by atoms with van der Waals surface area (Å²) in [6.07, 6.45) is 8.37. The van der Waals surface area contributed by atoms with E-state index in [9.17, 15) is 9.90 Å². The fourth-order valence-corrected chi connectivity index (χ4v) is 7.53. The molecule has 1 saturated heterocycles. The number of nitrogens with zero attached hydrogens (tertiary/aromatic N) is 6. The number of likely N-dealkylation sites (tertiary alicyclic amines) is 1. The number of aryl methyl sites for hydroxylation is 1. The zero-order valence-corrected chi connectivity index (χ0v) is 28.1. The van der Waals surface area contributed by atoms with Gasteiger partial charge in [0.15, 0.2) is 5.82 Å². The SMILES string of the molecule is CNC(O)c1cc(Nc2nc(-c3cnc4c(c3)N(C3CC(N5CCCCC5)C3)C(=O)C4(C)C)cc3ncn(C(C)C)c23)c(F)cc1C. The molecule has 11 heteroatoms. The number of fused-ring (bicyclic) bond motifs is 2. The highest BCUT2D eigenvalue weighted by molar-refractivity contribution is 6.08. The second-order valence-electron chi connectivity index (χ2n) is 14.2. The molecule has 0 spiro atoms. The predicted molar refractivity (Wildman–Crippen MR) is 182 cm³/mol. The molecule has 1 atom stereocenters. The average Bonchev–Trinajstić information content (AvgIpc) is 3.55. The van der Waals surface area contributed by atoms with E-state index in [1.807, 2.05) is 35.4 Å². The van der Waals surface area contributed by atoms with E-state index in [1.54, 1.807) is 32.6 Å². The van der Waals surface area contributed by atoms with Gasteiger partial charge >= 0.3 is 0 Å². The van der Waals surface area contributed by atoms with Crippen molar-refractivity contribution < 1.29 is 14.3 Å². The maximum Gasteiger partial charge on any atom is 0.239 e. The third-order valence-electron chi connectivity index (χ3n) is 10.4. The van der Waals surface area contributed by atoms with Crippen molar-refractivity contribution in [3.05, 3.63) is 59.4 Å². The molecule has 3 N–H and O–H groups in total. The van der Waals surface area contributed by atoms with Gasteiger partial charge in [0.2, 0.25) is 5.91 Å². The average molecular weight is 641 g/mol. The number of imidazole rings is 1. The Morgan fingerprint density at radius 1 is 1.04 bits per heavy atom. The minimum absolute atomic E-state index is 0.0810. The Morgan fingerprint density at radius 3 is 2.49 bits per heavy atom. The Bertz CT molecular complexity index is 1840. The molecule has 1 saturated carbocycles. The standard InChI is InChI=1S/C36H45FN8O2/c1-20(2)44-19-40-29-17-27(41-33(31(29)44)42-28-16-25(34(46)38-6)21(3)12-26(28)37)22-13-30-32(39-18-22)36(4,5)35(47)45(30)24-14-23(15-24)43-10-8-7-9-11-43/h12-13,16-20,23-24,34,38,46H,7-11,14-15H2,1-6H3,(H,41,42). The van der Waals surface area contributed by atoms with Gasteiger partial charge in [-0.2, -0.15) is 0 Å². The summed E-state index contributed by atoms with van der Waals surface area (Å²) in [4.78, 5) is 33.1. The zero-order chi connectivity index (χ0) is 33.2. The number of nitrogens with one attached hydrogen (secondary N) is 2. The van der Waals surface area contributed by atoms with E-state index in [-0.39, 0.29) is 23.7 Å². The third-order valence-corrected chi connectivity index (χ3v) is 10.4. The number of pyridine rings is 2. The van der Waals surface area contributed by atoms with Crippen LogP contribution in [0.5, 0.6) is 0 Å². The second-order valence-corrected chi connectivity index (χ2v) is 14.2. The van der Waals surface area contributed by atoms with E-state index >= 15 is 4.39 Å². The van der Waals surface area contributed by atoms with Gasteiger partial charge in [0.1, 0.15) is 17.6 Å². The molecular weight excluding hydrogens is 595 g/mol. The van der Waals surface area contributed by atoms with Crippen molar-refractivity contribution in [2.24, 2.45) is 0 Å². The Morgan fingerprint density at radius 2 is 1.79 bits per heavy atom. The molecule has 0 radical (unpaired) electrons. The predicted octanol–water partition coefficient (Wildman–Crippen LogP) is 6.12. The number of aliphatic hydroxyl groups is 1. The summed E-state index contributed by atoms with van der Waals surface area (Å²) in [5.41, 5.74) is 5.12. The van der Waals surface area contributed by atoms with Gasteiger partial charge < -0.3 is 24.8 Å². The van der Waals surface area contributed by atoms with E-state index in [1.165, 1.54) is 25.3 Å². The first-order chi connectivity index (χ1) is 22.5. The number of carbonyl (C=O) groups is 1. The number of anilines is 3. The van der Waals surface area contributed by atoms with Gasteiger partial charge in [-0.3, -0.25) is 15.1 Å². The molecule has 5 heterocycles. The first kappa shape index (κ1) is 31.7. The molecule has 1 unspecified atom stereocenters. The molecule has 2 aliphatic heterocycles. The van der Waals surface area contributed by atoms with Crippen LogP contribution in [0, 0.1) is 12.7 Å². The minimum atomic E-state index is -0.949. The van der Waals surface area contributed by atoms with Gasteiger partial charge in [-0.05, 0) is 110 Å². The van der Waals surface area contributed by atoms with Crippen molar-refractivity contribution in [2.45, 2.75) is 96.5 Å². The molecule has 248 valence electrons. The number of benzene rings is 1. The van der Waals surface area contributed by atoms with Crippen molar-refractivity contribution in [3.8, 4) is 11.3 Å². The molecule has 47 heavy (non-hydrogen) atoms. The molecule has 4 aromatic rings. The molecule has 7 rings (SSSR count). The van der Waals surface area contributed by atoms with Gasteiger partial charge in [-0.15, -0.1) is 0 Å². The molecule has 0 bridgehead atoms. The van der Waals surface area contributed by atoms with Crippen LogP contribution >= 0.6 is 0 Å². The number of amides is 1. The summed E-state index contributed by atoms with van der Waals surface area (Å²) < 4.78 is 17.4. The van der Waals surface area contributed by atoms with Crippen LogP contribution in [0.25, 0.3) is 22.3 Å². The third kappa shape index (κ3) is 5.38. The molecule has 3 aromatic heterocycles. The lowest BCUT2D eigenvalue weighted by atomic mass is 9.83. The quantitative estimate of drug-likeness (QED) is 0.198. The summed E-state index contributed by atoms with van der Waals surface area (Å²) in [7, 11) is 1.65. The lowest BCUT2D eigenvalue weighted by molar-refractivity contribution is -0.123. The number of piperidine rings is 1. The number of aliphatic hydroxyl groups excluding tert-OH is 1. The largest absolute Gasteiger partial charge is 0.374 e. The summed E-state index contributed by atoms with van der Waals surface area (Å²) in [5, 5.41) is 16.6. The highest BCUT2D eigenvalue weighted by Crippen LogP contribution is 2.47. The first-order valence-electron chi connectivity index (χ1n) is 16.9. The van der Waals surface area contributed by atoms with Crippen molar-refractivity contribution >= 4 is 34.1 Å². The number of hydrogen-bond acceptors (Lipinski definition) is 8. The lowest BCUT2D eigenvalue weighted by Crippen LogP contribution is -2.57. The Hall–Kier alpha value is -3.93. The van der Waals surface area contributed by atoms with Gasteiger partial charge in [-0.1, -0.05) is 6.42 Å². The van der Waals surface area contributed by atoms with Crippen molar-refractivity contribution in [1.29, 1.82) is 0 Å². The maximum atomic E-state index is 15.4. The number of rotatable bonds is 8. The summed E-state index contributed by atoms with van der Waals surface area (Å²) >= 11 is 0. The van der Waals surface area contributed by atoms with Gasteiger partial charge in [0, 0.05) is 35.4 Å². The minimum Gasteiger partial charge on any atom is -0.374 e. The van der Waals surface area contributed by atoms with E-state index in [0.29, 0.717) is 34.2 Å². The normalized spacial score (nSPS) is 21.7. The molecular formula is C36H45FN8O2. The van der Waals surface area contributed by atoms with Crippen LogP contribution in [-0.4, -0.2) is 67.7 Å². The topological polar surface area (TPSA) is 111 Å². The van der Waals surface area contributed by atoms with Crippen LogP contribution in [0.4, 0.5) is 21.6 Å². The summed E-state index contributed by atoms with van der Waals surface area (Å²) in [5.74, 6) is 0.0769. The van der Waals surface area contributed by atoms with Crippen LogP contribution < -0.4 is 15.5 Å². The molecule has 3 aliphatic rings. The highest BCUT2D eigenvalue weighted by atomic mass is 19.1. The van der Waals surface area contributed by atoms with E-state index < -0.39 is 17.5 Å². The number of aromatic nitrogens is 4. The summed E-state index contributed by atoms with van der Waals surface area (Å²) in [6, 6.07) is 7.74. The first-order valence-corrected chi connectivity index (χ1v) is 16.9. The van der Waals surface area contributed by atoms with E-state index in [2.05, 4.69) is 29.4 Å². The van der Waals surface area contributed by atoms with E-state index in [0.717, 1.165) is 48.4 Å². The van der Waals surface area contributed by atoms with Gasteiger partial charge in [-0.25, -0.2) is 14.4 Å². The monoisotopic (exact) mass is 640 g/mol. The number of carbonyl (C=O) groups excluding carboxylic acids is 1.